The Morgan fingerprint density at radius 1 is 1.35 bits per heavy atom. The molecule has 1 aromatic carbocycles. The third-order valence-electron chi connectivity index (χ3n) is 3.38. The lowest BCUT2D eigenvalue weighted by atomic mass is 10.0. The number of hydrogen-bond acceptors (Lipinski definition) is 3. The molecule has 1 aromatic rings. The second kappa shape index (κ2) is 6.03. The number of phenols is 1. The summed E-state index contributed by atoms with van der Waals surface area (Å²) >= 11 is 0. The molecule has 2 rings (SSSR count). The molecule has 0 aliphatic carbocycles. The van der Waals surface area contributed by atoms with Crippen LogP contribution in [-0.2, 0) is 6.54 Å². The standard InChI is InChI=1S/C14H22N2O/c1-16(11-13-7-4-5-9-15-13)10-12-6-2-3-8-14(12)17/h2-3,6,8,13,15,17H,4-5,7,9-11H2,1H3. The molecule has 2 N–H and O–H groups in total. The number of nitrogens with zero attached hydrogens (tertiary/aromatic N) is 1. The summed E-state index contributed by atoms with van der Waals surface area (Å²) < 4.78 is 0. The van der Waals surface area contributed by atoms with Crippen LogP contribution >= 0.6 is 0 Å². The van der Waals surface area contributed by atoms with Crippen molar-refractivity contribution in [3.05, 3.63) is 29.8 Å². The third kappa shape index (κ3) is 3.72. The van der Waals surface area contributed by atoms with Crippen LogP contribution in [0.15, 0.2) is 24.3 Å². The van der Waals surface area contributed by atoms with Gasteiger partial charge in [0.05, 0.1) is 0 Å². The van der Waals surface area contributed by atoms with E-state index in [9.17, 15) is 5.11 Å². The highest BCUT2D eigenvalue weighted by molar-refractivity contribution is 5.31. The van der Waals surface area contributed by atoms with Crippen molar-refractivity contribution in [2.45, 2.75) is 31.8 Å². The van der Waals surface area contributed by atoms with Crippen LogP contribution in [-0.4, -0.2) is 36.2 Å². The number of benzene rings is 1. The number of para-hydroxylation sites is 1. The lowest BCUT2D eigenvalue weighted by Crippen LogP contribution is -2.42. The molecule has 1 saturated heterocycles. The number of piperidine rings is 1. The van der Waals surface area contributed by atoms with Crippen LogP contribution in [0, 0.1) is 0 Å². The highest BCUT2D eigenvalue weighted by Gasteiger charge is 2.15. The van der Waals surface area contributed by atoms with Gasteiger partial charge in [0, 0.05) is 24.7 Å². The number of aromatic hydroxyl groups is 1. The third-order valence-corrected chi connectivity index (χ3v) is 3.38. The van der Waals surface area contributed by atoms with Gasteiger partial charge in [-0.05, 0) is 32.5 Å². The van der Waals surface area contributed by atoms with Gasteiger partial charge in [-0.25, -0.2) is 0 Å². The molecule has 1 fully saturated rings. The first-order chi connectivity index (χ1) is 8.25. The van der Waals surface area contributed by atoms with Crippen molar-refractivity contribution in [2.24, 2.45) is 0 Å². The molecule has 1 aliphatic heterocycles. The predicted octanol–water partition coefficient (Wildman–Crippen LogP) is 1.97. The first-order valence-corrected chi connectivity index (χ1v) is 6.44. The van der Waals surface area contributed by atoms with Crippen LogP contribution in [0.25, 0.3) is 0 Å². The summed E-state index contributed by atoms with van der Waals surface area (Å²) in [5.41, 5.74) is 1.01. The van der Waals surface area contributed by atoms with E-state index >= 15 is 0 Å². The highest BCUT2D eigenvalue weighted by atomic mass is 16.3. The first-order valence-electron chi connectivity index (χ1n) is 6.44. The van der Waals surface area contributed by atoms with Crippen molar-refractivity contribution in [3.8, 4) is 5.75 Å². The maximum Gasteiger partial charge on any atom is 0.120 e. The van der Waals surface area contributed by atoms with E-state index in [1.807, 2.05) is 18.2 Å². The summed E-state index contributed by atoms with van der Waals surface area (Å²) in [4.78, 5) is 2.28. The summed E-state index contributed by atoms with van der Waals surface area (Å²) in [5, 5.41) is 13.3. The molecule has 0 aromatic heterocycles. The van der Waals surface area contributed by atoms with Crippen molar-refractivity contribution < 1.29 is 5.11 Å². The molecule has 0 bridgehead atoms. The van der Waals surface area contributed by atoms with Gasteiger partial charge in [-0.1, -0.05) is 24.6 Å². The van der Waals surface area contributed by atoms with Crippen LogP contribution < -0.4 is 5.32 Å². The van der Waals surface area contributed by atoms with E-state index in [1.165, 1.54) is 19.3 Å². The van der Waals surface area contributed by atoms with Gasteiger partial charge in [0.1, 0.15) is 5.75 Å². The largest absolute Gasteiger partial charge is 0.508 e. The smallest absolute Gasteiger partial charge is 0.120 e. The fraction of sp³-hybridized carbons (Fsp3) is 0.571. The molecule has 0 saturated carbocycles. The number of phenolic OH excluding ortho intramolecular Hbond substituents is 1. The molecule has 0 radical (unpaired) electrons. The highest BCUT2D eigenvalue weighted by Crippen LogP contribution is 2.17. The van der Waals surface area contributed by atoms with Gasteiger partial charge in [0.2, 0.25) is 0 Å². The molecule has 3 heteroatoms. The Kier molecular flexibility index (Phi) is 4.40. The lowest BCUT2D eigenvalue weighted by Gasteiger charge is -2.28. The van der Waals surface area contributed by atoms with E-state index in [-0.39, 0.29) is 0 Å². The van der Waals surface area contributed by atoms with Crippen molar-refractivity contribution in [1.29, 1.82) is 0 Å². The van der Waals surface area contributed by atoms with E-state index in [1.54, 1.807) is 6.07 Å². The quantitative estimate of drug-likeness (QED) is 0.836. The number of rotatable bonds is 4. The zero-order valence-corrected chi connectivity index (χ0v) is 10.5. The zero-order valence-electron chi connectivity index (χ0n) is 10.5. The molecule has 0 spiro atoms. The fourth-order valence-electron chi connectivity index (χ4n) is 2.46. The molecule has 1 atom stereocenters. The average Bonchev–Trinajstić information content (AvgIpc) is 2.33. The molecule has 1 unspecified atom stereocenters. The van der Waals surface area contributed by atoms with Crippen molar-refractivity contribution in [2.75, 3.05) is 20.1 Å². The molecule has 3 nitrogen and oxygen atoms in total. The Bertz CT molecular complexity index is 348. The van der Waals surface area contributed by atoms with Crippen molar-refractivity contribution >= 4 is 0 Å². The molecular weight excluding hydrogens is 212 g/mol. The topological polar surface area (TPSA) is 35.5 Å². The first kappa shape index (κ1) is 12.4. The maximum absolute atomic E-state index is 9.72. The Morgan fingerprint density at radius 3 is 2.88 bits per heavy atom. The van der Waals surface area contributed by atoms with Gasteiger partial charge in [-0.15, -0.1) is 0 Å². The molecular formula is C14H22N2O. The van der Waals surface area contributed by atoms with Crippen LogP contribution in [0.3, 0.4) is 0 Å². The Hall–Kier alpha value is -1.06. The van der Waals surface area contributed by atoms with Crippen LogP contribution in [0.4, 0.5) is 0 Å². The number of nitrogens with one attached hydrogen (secondary N) is 1. The molecule has 94 valence electrons. The second-order valence-corrected chi connectivity index (χ2v) is 4.97. The second-order valence-electron chi connectivity index (χ2n) is 4.97. The van der Waals surface area contributed by atoms with Gasteiger partial charge < -0.3 is 15.3 Å². The SMILES string of the molecule is CN(Cc1ccccc1O)CC1CCCCN1. The molecule has 17 heavy (non-hydrogen) atoms. The zero-order chi connectivity index (χ0) is 12.1. The van der Waals surface area contributed by atoms with Crippen LogP contribution in [0.5, 0.6) is 5.75 Å². The summed E-state index contributed by atoms with van der Waals surface area (Å²) in [6.45, 7) is 3.01. The van der Waals surface area contributed by atoms with Crippen molar-refractivity contribution in [3.63, 3.8) is 0 Å². The Labute approximate surface area is 103 Å². The Balaban J connectivity index is 1.84. The van der Waals surface area contributed by atoms with Crippen LogP contribution in [0.1, 0.15) is 24.8 Å². The van der Waals surface area contributed by atoms with E-state index in [0.717, 1.165) is 25.2 Å². The molecule has 1 aliphatic rings. The monoisotopic (exact) mass is 234 g/mol. The summed E-state index contributed by atoms with van der Waals surface area (Å²) in [7, 11) is 2.11. The number of likely N-dealkylation sites (N-methyl/N-ethyl adjacent to an activating group) is 1. The van der Waals surface area contributed by atoms with Crippen molar-refractivity contribution in [1.82, 2.24) is 10.2 Å². The number of hydrogen-bond donors (Lipinski definition) is 2. The van der Waals surface area contributed by atoms with E-state index < -0.39 is 0 Å². The average molecular weight is 234 g/mol. The summed E-state index contributed by atoms with van der Waals surface area (Å²) in [6.07, 6.45) is 3.91. The minimum atomic E-state index is 0.399. The molecule has 0 amide bonds. The minimum Gasteiger partial charge on any atom is -0.508 e. The maximum atomic E-state index is 9.72. The van der Waals surface area contributed by atoms with Gasteiger partial charge in [-0.2, -0.15) is 0 Å². The van der Waals surface area contributed by atoms with E-state index in [4.69, 9.17) is 0 Å². The van der Waals surface area contributed by atoms with Gasteiger partial charge in [0.25, 0.3) is 0 Å². The predicted molar refractivity (Wildman–Crippen MR) is 70.1 cm³/mol. The normalized spacial score (nSPS) is 20.7. The summed E-state index contributed by atoms with van der Waals surface area (Å²) in [5.74, 6) is 0.399. The van der Waals surface area contributed by atoms with Gasteiger partial charge >= 0.3 is 0 Å². The molecule has 1 heterocycles. The Morgan fingerprint density at radius 2 is 2.18 bits per heavy atom. The van der Waals surface area contributed by atoms with E-state index in [0.29, 0.717) is 11.8 Å². The van der Waals surface area contributed by atoms with E-state index in [2.05, 4.69) is 17.3 Å². The lowest BCUT2D eigenvalue weighted by molar-refractivity contribution is 0.254. The minimum absolute atomic E-state index is 0.399. The summed E-state index contributed by atoms with van der Waals surface area (Å²) in [6, 6.07) is 8.19. The van der Waals surface area contributed by atoms with Gasteiger partial charge in [-0.3, -0.25) is 0 Å². The van der Waals surface area contributed by atoms with Gasteiger partial charge in [0.15, 0.2) is 0 Å². The fourth-order valence-corrected chi connectivity index (χ4v) is 2.46. The van der Waals surface area contributed by atoms with Crippen LogP contribution in [0.2, 0.25) is 0 Å².